The molecule has 0 radical (unpaired) electrons. The number of carbonyl (C=O) groups excluding carboxylic acids is 1. The van der Waals surface area contributed by atoms with Crippen molar-refractivity contribution in [2.75, 3.05) is 40.9 Å². The van der Waals surface area contributed by atoms with Gasteiger partial charge in [0.25, 0.3) is 0 Å². The van der Waals surface area contributed by atoms with E-state index in [0.29, 0.717) is 17.4 Å². The molecule has 0 aromatic heterocycles. The van der Waals surface area contributed by atoms with Crippen LogP contribution in [0, 0.1) is 0 Å². The number of phosphoric acid groups is 1. The van der Waals surface area contributed by atoms with Gasteiger partial charge in [-0.15, -0.1) is 0 Å². The van der Waals surface area contributed by atoms with Gasteiger partial charge in [-0.25, -0.2) is 4.57 Å². The molecule has 0 fully saturated rings. The largest absolute Gasteiger partial charge is 0.472 e. The monoisotopic (exact) mass is 984 g/mol. The molecule has 3 unspecified atom stereocenters. The highest BCUT2D eigenvalue weighted by Crippen LogP contribution is 2.43. The first-order valence-electron chi connectivity index (χ1n) is 30.1. The number of amides is 1. The van der Waals surface area contributed by atoms with Crippen molar-refractivity contribution in [3.8, 4) is 0 Å². The van der Waals surface area contributed by atoms with E-state index in [1.807, 2.05) is 27.2 Å². The van der Waals surface area contributed by atoms with E-state index in [-0.39, 0.29) is 19.1 Å². The molecule has 8 nitrogen and oxygen atoms in total. The van der Waals surface area contributed by atoms with Gasteiger partial charge in [0.1, 0.15) is 13.2 Å². The maximum absolute atomic E-state index is 13.0. The van der Waals surface area contributed by atoms with E-state index in [1.165, 1.54) is 257 Å². The second-order valence-electron chi connectivity index (χ2n) is 22.1. The van der Waals surface area contributed by atoms with Gasteiger partial charge < -0.3 is 19.8 Å². The summed E-state index contributed by atoms with van der Waals surface area (Å²) in [6.07, 6.45) is 63.2. The third-order valence-corrected chi connectivity index (χ3v) is 15.0. The molecule has 3 N–H and O–H groups in total. The van der Waals surface area contributed by atoms with Crippen LogP contribution in [0.15, 0.2) is 12.2 Å². The number of aliphatic hydroxyl groups is 1. The number of phosphoric ester groups is 1. The van der Waals surface area contributed by atoms with Crippen molar-refractivity contribution in [3.05, 3.63) is 12.2 Å². The van der Waals surface area contributed by atoms with Gasteiger partial charge in [-0.2, -0.15) is 0 Å². The summed E-state index contributed by atoms with van der Waals surface area (Å²) in [6, 6.07) is -0.842. The van der Waals surface area contributed by atoms with Crippen molar-refractivity contribution >= 4 is 13.7 Å². The fraction of sp³-hybridized carbons (Fsp3) is 0.949. The minimum absolute atomic E-state index is 0.0652. The van der Waals surface area contributed by atoms with E-state index >= 15 is 0 Å². The number of unbranched alkanes of at least 4 members (excludes halogenated alkanes) is 43. The number of aliphatic hydroxyl groups excluding tert-OH is 1. The first-order chi connectivity index (χ1) is 33.0. The Morgan fingerprint density at radius 2 is 0.779 bits per heavy atom. The van der Waals surface area contributed by atoms with E-state index in [0.717, 1.165) is 32.1 Å². The Labute approximate surface area is 424 Å². The highest BCUT2D eigenvalue weighted by Gasteiger charge is 2.27. The third-order valence-electron chi connectivity index (χ3n) is 14.0. The summed E-state index contributed by atoms with van der Waals surface area (Å²) in [4.78, 5) is 23.3. The lowest BCUT2D eigenvalue weighted by Crippen LogP contribution is -2.45. The van der Waals surface area contributed by atoms with Gasteiger partial charge in [-0.1, -0.05) is 296 Å². The number of carbonyl (C=O) groups is 1. The number of quaternary nitrogens is 1. The van der Waals surface area contributed by atoms with Crippen molar-refractivity contribution in [3.63, 3.8) is 0 Å². The van der Waals surface area contributed by atoms with Crippen molar-refractivity contribution < 1.29 is 32.9 Å². The standard InChI is InChI=1S/C59H119N2O6P/c1-6-8-10-12-14-16-18-20-22-24-26-27-28-29-30-31-32-33-35-37-39-41-43-45-47-49-51-53-59(63)60-57(56-67-68(64,65)66-55-54-61(3,4)5)58(62)52-50-48-46-44-42-40-38-36-34-25-23-21-19-17-15-13-11-9-7-2/h50,52,57-58,62H,6-49,51,53-56H2,1-5H3,(H-,60,63,64,65)/p+1/b52-50+. The lowest BCUT2D eigenvalue weighted by Gasteiger charge is -2.25. The van der Waals surface area contributed by atoms with E-state index in [2.05, 4.69) is 19.2 Å². The van der Waals surface area contributed by atoms with Gasteiger partial charge >= 0.3 is 7.82 Å². The molecule has 406 valence electrons. The summed E-state index contributed by atoms with van der Waals surface area (Å²) in [5.74, 6) is -0.169. The summed E-state index contributed by atoms with van der Waals surface area (Å²) in [7, 11) is 1.59. The Hall–Kier alpha value is -0.760. The number of likely N-dealkylation sites (N-methyl/N-ethyl adjacent to an activating group) is 1. The number of nitrogens with zero attached hydrogens (tertiary/aromatic N) is 1. The van der Waals surface area contributed by atoms with Gasteiger partial charge in [-0.05, 0) is 19.3 Å². The zero-order chi connectivity index (χ0) is 49.9. The first-order valence-corrected chi connectivity index (χ1v) is 31.6. The molecular formula is C59H120N2O6P+. The maximum atomic E-state index is 13.0. The number of hydrogen-bond donors (Lipinski definition) is 3. The normalized spacial score (nSPS) is 13.9. The highest BCUT2D eigenvalue weighted by molar-refractivity contribution is 7.47. The van der Waals surface area contributed by atoms with Crippen molar-refractivity contribution in [1.29, 1.82) is 0 Å². The molecule has 3 atom stereocenters. The molecule has 1 amide bonds. The highest BCUT2D eigenvalue weighted by atomic mass is 31.2. The molecule has 0 saturated heterocycles. The molecule has 0 aliphatic rings. The van der Waals surface area contributed by atoms with Crippen LogP contribution < -0.4 is 5.32 Å². The summed E-state index contributed by atoms with van der Waals surface area (Å²) < 4.78 is 23.7. The lowest BCUT2D eigenvalue weighted by molar-refractivity contribution is -0.870. The van der Waals surface area contributed by atoms with Crippen LogP contribution in [0.3, 0.4) is 0 Å². The van der Waals surface area contributed by atoms with E-state index in [4.69, 9.17) is 9.05 Å². The molecular weight excluding hydrogens is 864 g/mol. The predicted molar refractivity (Wildman–Crippen MR) is 295 cm³/mol. The molecule has 0 spiro atoms. The smallest absolute Gasteiger partial charge is 0.387 e. The van der Waals surface area contributed by atoms with Crippen LogP contribution in [-0.2, 0) is 18.4 Å². The first kappa shape index (κ1) is 67.2. The Balaban J connectivity index is 4.11. The average molecular weight is 985 g/mol. The predicted octanol–water partition coefficient (Wildman–Crippen LogP) is 18.2. The van der Waals surface area contributed by atoms with Gasteiger partial charge in [0.05, 0.1) is 39.9 Å². The molecule has 0 rings (SSSR count). The van der Waals surface area contributed by atoms with Gasteiger partial charge in [0.15, 0.2) is 0 Å². The fourth-order valence-corrected chi connectivity index (χ4v) is 10.0. The molecule has 0 saturated carbocycles. The second-order valence-corrected chi connectivity index (χ2v) is 23.5. The van der Waals surface area contributed by atoms with E-state index in [1.54, 1.807) is 6.08 Å². The van der Waals surface area contributed by atoms with Gasteiger partial charge in [0, 0.05) is 6.42 Å². The number of hydrogen-bond acceptors (Lipinski definition) is 5. The van der Waals surface area contributed by atoms with Crippen LogP contribution in [0.5, 0.6) is 0 Å². The average Bonchev–Trinajstić information content (AvgIpc) is 3.30. The number of allylic oxidation sites excluding steroid dienone is 1. The molecule has 0 aromatic carbocycles. The van der Waals surface area contributed by atoms with Crippen molar-refractivity contribution in [1.82, 2.24) is 5.32 Å². The summed E-state index contributed by atoms with van der Waals surface area (Å²) >= 11 is 0. The van der Waals surface area contributed by atoms with Crippen LogP contribution in [0.25, 0.3) is 0 Å². The fourth-order valence-electron chi connectivity index (χ4n) is 9.28. The third kappa shape index (κ3) is 53.0. The molecule has 9 heteroatoms. The minimum atomic E-state index is -4.34. The van der Waals surface area contributed by atoms with Crippen LogP contribution in [0.1, 0.15) is 309 Å². The van der Waals surface area contributed by atoms with Crippen molar-refractivity contribution in [2.45, 2.75) is 321 Å². The van der Waals surface area contributed by atoms with Crippen LogP contribution in [0.4, 0.5) is 0 Å². The molecule has 68 heavy (non-hydrogen) atoms. The topological polar surface area (TPSA) is 105 Å². The molecule has 0 aromatic rings. The van der Waals surface area contributed by atoms with Gasteiger partial charge in [0.2, 0.25) is 5.91 Å². The SMILES string of the molecule is CCCCCCCCCCCCCCCCCCC/C=C/C(O)C(COP(=O)(O)OCC[N+](C)(C)C)NC(=O)CCCCCCCCCCCCCCCCCCCCCCCCCCCCC. The molecule has 0 aliphatic heterocycles. The Morgan fingerprint density at radius 3 is 1.09 bits per heavy atom. The summed E-state index contributed by atoms with van der Waals surface area (Å²) in [5, 5.41) is 14.0. The Kier molecular flexibility index (Phi) is 50.6. The molecule has 0 bridgehead atoms. The zero-order valence-electron chi connectivity index (χ0n) is 46.4. The van der Waals surface area contributed by atoms with E-state index < -0.39 is 20.0 Å². The molecule has 0 heterocycles. The second kappa shape index (κ2) is 51.2. The Morgan fingerprint density at radius 1 is 0.485 bits per heavy atom. The summed E-state index contributed by atoms with van der Waals surface area (Å²) in [6.45, 7) is 4.87. The maximum Gasteiger partial charge on any atom is 0.472 e. The zero-order valence-corrected chi connectivity index (χ0v) is 47.3. The lowest BCUT2D eigenvalue weighted by atomic mass is 10.0. The molecule has 0 aliphatic carbocycles. The van der Waals surface area contributed by atoms with Crippen LogP contribution in [0.2, 0.25) is 0 Å². The Bertz CT molecular complexity index is 1120. The van der Waals surface area contributed by atoms with Crippen molar-refractivity contribution in [2.24, 2.45) is 0 Å². The van der Waals surface area contributed by atoms with Gasteiger partial charge in [-0.3, -0.25) is 13.8 Å². The van der Waals surface area contributed by atoms with E-state index in [9.17, 15) is 19.4 Å². The van der Waals surface area contributed by atoms with Crippen LogP contribution >= 0.6 is 7.82 Å². The summed E-state index contributed by atoms with van der Waals surface area (Å²) in [5.41, 5.74) is 0. The van der Waals surface area contributed by atoms with Crippen LogP contribution in [-0.4, -0.2) is 73.4 Å². The number of rotatable bonds is 56. The minimum Gasteiger partial charge on any atom is -0.387 e. The quantitative estimate of drug-likeness (QED) is 0.0243. The number of nitrogens with one attached hydrogen (secondary N) is 1.